The van der Waals surface area contributed by atoms with Crippen molar-refractivity contribution in [2.45, 2.75) is 13.1 Å². The van der Waals surface area contributed by atoms with Gasteiger partial charge in [0, 0.05) is 29.2 Å². The van der Waals surface area contributed by atoms with E-state index in [9.17, 15) is 18.0 Å². The molecule has 0 radical (unpaired) electrons. The summed E-state index contributed by atoms with van der Waals surface area (Å²) in [6.07, 6.45) is -1.66. The number of aromatic amines is 1. The fourth-order valence-electron chi connectivity index (χ4n) is 2.65. The van der Waals surface area contributed by atoms with E-state index in [1.54, 1.807) is 18.5 Å². The van der Waals surface area contributed by atoms with Crippen molar-refractivity contribution in [1.82, 2.24) is 20.1 Å². The van der Waals surface area contributed by atoms with Crippen molar-refractivity contribution < 1.29 is 27.6 Å². The van der Waals surface area contributed by atoms with Crippen molar-refractivity contribution in [3.05, 3.63) is 77.0 Å². The molecule has 0 bridgehead atoms. The maximum Gasteiger partial charge on any atom is 0.490 e. The van der Waals surface area contributed by atoms with Gasteiger partial charge in [-0.2, -0.15) is 18.2 Å². The van der Waals surface area contributed by atoms with Crippen LogP contribution in [0.2, 0.25) is 0 Å². The fourth-order valence-corrected chi connectivity index (χ4v) is 2.65. The van der Waals surface area contributed by atoms with Gasteiger partial charge in [0.15, 0.2) is 0 Å². The molecular weight excluding hydrogens is 429 g/mol. The third-order valence-electron chi connectivity index (χ3n) is 4.16. The van der Waals surface area contributed by atoms with Crippen LogP contribution >= 0.6 is 0 Å². The number of H-pyrrole nitrogens is 1. The van der Waals surface area contributed by atoms with Gasteiger partial charge in [-0.1, -0.05) is 23.4 Å². The van der Waals surface area contributed by atoms with Crippen molar-refractivity contribution in [2.75, 3.05) is 0 Å². The summed E-state index contributed by atoms with van der Waals surface area (Å²) in [5.74, 6) is -2.12. The molecule has 0 spiro atoms. The Balaban J connectivity index is 0.000000360. The standard InChI is InChI=1S/C19H14N4O2.C2HF3O2/c1-12-15(13-7-9-20-10-8-13)11-16(18(24)21-12)17-22-19(25-23-17)14-5-3-2-4-6-14;3-2(4,5)1(6)7/h2-11H,1H3,(H,21,24);(H,6,7). The highest BCUT2D eigenvalue weighted by molar-refractivity contribution is 5.73. The van der Waals surface area contributed by atoms with E-state index in [2.05, 4.69) is 20.1 Å². The normalized spacial score (nSPS) is 10.9. The maximum absolute atomic E-state index is 12.4. The molecule has 0 aliphatic heterocycles. The summed E-state index contributed by atoms with van der Waals surface area (Å²) in [5.41, 5.74) is 3.53. The molecule has 32 heavy (non-hydrogen) atoms. The van der Waals surface area contributed by atoms with E-state index in [4.69, 9.17) is 14.4 Å². The third-order valence-corrected chi connectivity index (χ3v) is 4.16. The number of aliphatic carboxylic acids is 1. The number of halogens is 3. The molecule has 0 aliphatic carbocycles. The first-order chi connectivity index (χ1) is 15.2. The molecule has 1 aromatic carbocycles. The lowest BCUT2D eigenvalue weighted by atomic mass is 10.0. The topological polar surface area (TPSA) is 122 Å². The first-order valence-electron chi connectivity index (χ1n) is 9.00. The molecule has 0 fully saturated rings. The molecule has 2 N–H and O–H groups in total. The Morgan fingerprint density at radius 2 is 1.66 bits per heavy atom. The average Bonchev–Trinajstić information content (AvgIpc) is 3.25. The first-order valence-corrected chi connectivity index (χ1v) is 9.00. The molecule has 0 unspecified atom stereocenters. The number of nitrogens with one attached hydrogen (secondary N) is 1. The van der Waals surface area contributed by atoms with Gasteiger partial charge in [-0.15, -0.1) is 0 Å². The van der Waals surface area contributed by atoms with Crippen LogP contribution in [0.3, 0.4) is 0 Å². The zero-order valence-electron chi connectivity index (χ0n) is 16.4. The Morgan fingerprint density at radius 3 is 2.25 bits per heavy atom. The number of carbonyl (C=O) groups is 1. The highest BCUT2D eigenvalue weighted by Gasteiger charge is 2.38. The van der Waals surface area contributed by atoms with E-state index in [1.807, 2.05) is 49.4 Å². The quantitative estimate of drug-likeness (QED) is 0.488. The predicted molar refractivity (Wildman–Crippen MR) is 107 cm³/mol. The summed E-state index contributed by atoms with van der Waals surface area (Å²) >= 11 is 0. The van der Waals surface area contributed by atoms with E-state index < -0.39 is 12.1 Å². The average molecular weight is 444 g/mol. The van der Waals surface area contributed by atoms with Crippen LogP contribution in [0.25, 0.3) is 34.0 Å². The second kappa shape index (κ2) is 9.25. The third kappa shape index (κ3) is 5.25. The lowest BCUT2D eigenvalue weighted by molar-refractivity contribution is -0.192. The number of aromatic nitrogens is 4. The van der Waals surface area contributed by atoms with Gasteiger partial charge in [0.05, 0.1) is 5.56 Å². The van der Waals surface area contributed by atoms with E-state index in [0.717, 1.165) is 22.4 Å². The smallest absolute Gasteiger partial charge is 0.475 e. The van der Waals surface area contributed by atoms with Crippen LogP contribution in [0, 0.1) is 6.92 Å². The maximum atomic E-state index is 12.4. The number of nitrogens with zero attached hydrogens (tertiary/aromatic N) is 3. The highest BCUT2D eigenvalue weighted by atomic mass is 19.4. The molecule has 4 aromatic rings. The number of rotatable bonds is 3. The SMILES string of the molecule is Cc1[nH]c(=O)c(-c2noc(-c3ccccc3)n2)cc1-c1ccncc1.O=C(O)C(F)(F)F. The molecule has 0 atom stereocenters. The van der Waals surface area contributed by atoms with Gasteiger partial charge in [-0.25, -0.2) is 4.79 Å². The number of benzene rings is 1. The molecule has 8 nitrogen and oxygen atoms in total. The number of aryl methyl sites for hydroxylation is 1. The van der Waals surface area contributed by atoms with Crippen LogP contribution in [0.4, 0.5) is 13.2 Å². The first kappa shape index (κ1) is 22.4. The Labute approximate surface area is 178 Å². The summed E-state index contributed by atoms with van der Waals surface area (Å²) in [6, 6.07) is 15.0. The molecule has 0 aliphatic rings. The van der Waals surface area contributed by atoms with Gasteiger partial charge in [0.25, 0.3) is 11.4 Å². The number of pyridine rings is 2. The van der Waals surface area contributed by atoms with Crippen LogP contribution in [0.1, 0.15) is 5.69 Å². The molecule has 11 heteroatoms. The molecule has 3 aromatic heterocycles. The summed E-state index contributed by atoms with van der Waals surface area (Å²) in [7, 11) is 0. The highest BCUT2D eigenvalue weighted by Crippen LogP contribution is 2.25. The summed E-state index contributed by atoms with van der Waals surface area (Å²) in [5, 5.41) is 11.1. The predicted octanol–water partition coefficient (Wildman–Crippen LogP) is 4.10. The molecule has 0 amide bonds. The van der Waals surface area contributed by atoms with Gasteiger partial charge >= 0.3 is 12.1 Å². The van der Waals surface area contributed by atoms with Crippen LogP contribution < -0.4 is 5.56 Å². The number of alkyl halides is 3. The van der Waals surface area contributed by atoms with Crippen LogP contribution in [0.15, 0.2) is 70.2 Å². The van der Waals surface area contributed by atoms with Gasteiger partial charge in [-0.3, -0.25) is 9.78 Å². The minimum atomic E-state index is -5.08. The number of hydrogen-bond donors (Lipinski definition) is 2. The lowest BCUT2D eigenvalue weighted by Gasteiger charge is -2.06. The van der Waals surface area contributed by atoms with Crippen molar-refractivity contribution in [3.8, 4) is 34.0 Å². The number of carboxylic acids is 1. The van der Waals surface area contributed by atoms with Crippen LogP contribution in [-0.4, -0.2) is 37.4 Å². The van der Waals surface area contributed by atoms with Crippen molar-refractivity contribution in [3.63, 3.8) is 0 Å². The van der Waals surface area contributed by atoms with Crippen LogP contribution in [-0.2, 0) is 4.79 Å². The van der Waals surface area contributed by atoms with Crippen molar-refractivity contribution >= 4 is 5.97 Å². The monoisotopic (exact) mass is 444 g/mol. The van der Waals surface area contributed by atoms with Gasteiger partial charge < -0.3 is 14.6 Å². The molecule has 4 rings (SSSR count). The molecule has 164 valence electrons. The van der Waals surface area contributed by atoms with Gasteiger partial charge in [0.1, 0.15) is 0 Å². The summed E-state index contributed by atoms with van der Waals surface area (Å²) < 4.78 is 37.0. The Morgan fingerprint density at radius 1 is 1.03 bits per heavy atom. The molecule has 0 saturated carbocycles. The Hall–Kier alpha value is -4.28. The van der Waals surface area contributed by atoms with E-state index >= 15 is 0 Å². The van der Waals surface area contributed by atoms with E-state index in [1.165, 1.54) is 0 Å². The van der Waals surface area contributed by atoms with Gasteiger partial charge in [-0.05, 0) is 42.8 Å². The zero-order chi connectivity index (χ0) is 23.3. The van der Waals surface area contributed by atoms with Crippen molar-refractivity contribution in [1.29, 1.82) is 0 Å². The fraction of sp³-hybridized carbons (Fsp3) is 0.0952. The van der Waals surface area contributed by atoms with E-state index in [-0.39, 0.29) is 11.4 Å². The summed E-state index contributed by atoms with van der Waals surface area (Å²) in [4.78, 5) is 32.5. The largest absolute Gasteiger partial charge is 0.490 e. The summed E-state index contributed by atoms with van der Waals surface area (Å²) in [6.45, 7) is 1.85. The lowest BCUT2D eigenvalue weighted by Crippen LogP contribution is -2.21. The number of carboxylic acid groups (broad SMARTS) is 1. The second-order valence-electron chi connectivity index (χ2n) is 6.38. The van der Waals surface area contributed by atoms with Crippen LogP contribution in [0.5, 0.6) is 0 Å². The minimum absolute atomic E-state index is 0.254. The second-order valence-corrected chi connectivity index (χ2v) is 6.38. The number of hydrogen-bond acceptors (Lipinski definition) is 6. The zero-order valence-corrected chi connectivity index (χ0v) is 16.4. The van der Waals surface area contributed by atoms with Gasteiger partial charge in [0.2, 0.25) is 5.82 Å². The van der Waals surface area contributed by atoms with E-state index in [0.29, 0.717) is 11.5 Å². The Bertz CT molecular complexity index is 1270. The molecular formula is C21H15F3N4O4. The molecule has 3 heterocycles. The van der Waals surface area contributed by atoms with Crippen molar-refractivity contribution in [2.24, 2.45) is 0 Å². The minimum Gasteiger partial charge on any atom is -0.475 e. The molecule has 0 saturated heterocycles. The Kier molecular flexibility index (Phi) is 6.47.